The maximum absolute atomic E-state index is 13.0. The molecular weight excluding hydrogens is 412 g/mol. The summed E-state index contributed by atoms with van der Waals surface area (Å²) in [6.45, 7) is 9.06. The van der Waals surface area contributed by atoms with Crippen molar-refractivity contribution in [1.82, 2.24) is 14.4 Å². The lowest BCUT2D eigenvalue weighted by atomic mass is 10.1. The Hall–Kier alpha value is -3.33. The summed E-state index contributed by atoms with van der Waals surface area (Å²) in [6.07, 6.45) is 4.95. The summed E-state index contributed by atoms with van der Waals surface area (Å²) in [5.41, 5.74) is 4.50. The fourth-order valence-electron chi connectivity index (χ4n) is 4.41. The van der Waals surface area contributed by atoms with Gasteiger partial charge in [0.25, 0.3) is 5.91 Å². The van der Waals surface area contributed by atoms with E-state index in [-0.39, 0.29) is 17.4 Å². The SMILES string of the molecule is CCCn1c(C)cc(/C=C(\C#N)C(=O)N2CCN(C(=O)CCCc3ccccc3)CC2)c1C. The van der Waals surface area contributed by atoms with Gasteiger partial charge in [-0.15, -0.1) is 0 Å². The molecular formula is C27H34N4O2. The molecule has 6 nitrogen and oxygen atoms in total. The van der Waals surface area contributed by atoms with Gasteiger partial charge in [-0.25, -0.2) is 0 Å². The van der Waals surface area contributed by atoms with Crippen molar-refractivity contribution in [3.05, 3.63) is 64.5 Å². The average molecular weight is 447 g/mol. The second kappa shape index (κ2) is 11.5. The maximum atomic E-state index is 13.0. The van der Waals surface area contributed by atoms with Gasteiger partial charge in [-0.05, 0) is 56.4 Å². The predicted octanol–water partition coefficient (Wildman–Crippen LogP) is 4.12. The van der Waals surface area contributed by atoms with Crippen LogP contribution in [0.15, 0.2) is 42.0 Å². The molecule has 0 unspecified atom stereocenters. The van der Waals surface area contributed by atoms with E-state index in [0.29, 0.717) is 32.6 Å². The number of hydrogen-bond donors (Lipinski definition) is 0. The van der Waals surface area contributed by atoms with E-state index in [1.807, 2.05) is 43.0 Å². The number of carbonyl (C=O) groups is 2. The Kier molecular flexibility index (Phi) is 8.48. The third kappa shape index (κ3) is 6.13. The minimum Gasteiger partial charge on any atom is -0.349 e. The van der Waals surface area contributed by atoms with Crippen LogP contribution in [-0.4, -0.2) is 52.4 Å². The summed E-state index contributed by atoms with van der Waals surface area (Å²) in [6, 6.07) is 14.3. The smallest absolute Gasteiger partial charge is 0.264 e. The molecule has 2 amide bonds. The topological polar surface area (TPSA) is 69.3 Å². The van der Waals surface area contributed by atoms with Gasteiger partial charge in [0.05, 0.1) is 0 Å². The lowest BCUT2D eigenvalue weighted by Crippen LogP contribution is -2.50. The summed E-state index contributed by atoms with van der Waals surface area (Å²) >= 11 is 0. The fraction of sp³-hybridized carbons (Fsp3) is 0.444. The number of benzene rings is 1. The van der Waals surface area contributed by atoms with E-state index in [1.165, 1.54) is 5.56 Å². The number of carbonyl (C=O) groups excluding carboxylic acids is 2. The Labute approximate surface area is 197 Å². The molecule has 174 valence electrons. The number of hydrogen-bond acceptors (Lipinski definition) is 3. The molecule has 0 radical (unpaired) electrons. The van der Waals surface area contributed by atoms with Crippen molar-refractivity contribution in [2.75, 3.05) is 26.2 Å². The van der Waals surface area contributed by atoms with E-state index in [2.05, 4.69) is 29.7 Å². The van der Waals surface area contributed by atoms with Crippen molar-refractivity contribution in [2.24, 2.45) is 0 Å². The molecule has 1 aromatic carbocycles. The van der Waals surface area contributed by atoms with Crippen LogP contribution in [0, 0.1) is 25.2 Å². The second-order valence-corrected chi connectivity index (χ2v) is 8.66. The van der Waals surface area contributed by atoms with Gasteiger partial charge < -0.3 is 14.4 Å². The Morgan fingerprint density at radius 1 is 1.06 bits per heavy atom. The summed E-state index contributed by atoms with van der Waals surface area (Å²) in [7, 11) is 0. The van der Waals surface area contributed by atoms with E-state index < -0.39 is 0 Å². The highest BCUT2D eigenvalue weighted by molar-refractivity contribution is 6.02. The largest absolute Gasteiger partial charge is 0.349 e. The van der Waals surface area contributed by atoms with Gasteiger partial charge in [-0.1, -0.05) is 37.3 Å². The van der Waals surface area contributed by atoms with Crippen LogP contribution in [0.5, 0.6) is 0 Å². The van der Waals surface area contributed by atoms with Crippen LogP contribution in [-0.2, 0) is 22.6 Å². The monoisotopic (exact) mass is 446 g/mol. The molecule has 1 fully saturated rings. The number of nitriles is 1. The average Bonchev–Trinajstić information content (AvgIpc) is 3.10. The summed E-state index contributed by atoms with van der Waals surface area (Å²) in [5, 5.41) is 9.65. The van der Waals surface area contributed by atoms with Gasteiger partial charge in [-0.2, -0.15) is 5.26 Å². The number of amides is 2. The van der Waals surface area contributed by atoms with Crippen molar-refractivity contribution < 1.29 is 9.59 Å². The minimum absolute atomic E-state index is 0.137. The highest BCUT2D eigenvalue weighted by Gasteiger charge is 2.26. The van der Waals surface area contributed by atoms with E-state index in [1.54, 1.807) is 11.0 Å². The highest BCUT2D eigenvalue weighted by atomic mass is 16.2. The Balaban J connectivity index is 1.54. The third-order valence-corrected chi connectivity index (χ3v) is 6.33. The normalized spacial score (nSPS) is 14.3. The molecule has 2 heterocycles. The van der Waals surface area contributed by atoms with Crippen molar-refractivity contribution in [3.63, 3.8) is 0 Å². The summed E-state index contributed by atoms with van der Waals surface area (Å²) < 4.78 is 2.22. The van der Waals surface area contributed by atoms with Gasteiger partial charge in [0.1, 0.15) is 11.6 Å². The second-order valence-electron chi connectivity index (χ2n) is 8.66. The van der Waals surface area contributed by atoms with Crippen LogP contribution in [0.2, 0.25) is 0 Å². The van der Waals surface area contributed by atoms with Gasteiger partial charge in [0.2, 0.25) is 5.91 Å². The lowest BCUT2D eigenvalue weighted by molar-refractivity contribution is -0.137. The quantitative estimate of drug-likeness (QED) is 0.453. The van der Waals surface area contributed by atoms with Crippen molar-refractivity contribution in [2.45, 2.75) is 53.0 Å². The first-order chi connectivity index (χ1) is 15.9. The number of nitrogens with zero attached hydrogens (tertiary/aromatic N) is 4. The zero-order valence-electron chi connectivity index (χ0n) is 20.0. The van der Waals surface area contributed by atoms with Gasteiger partial charge in [0, 0.05) is 50.5 Å². The first-order valence-corrected chi connectivity index (χ1v) is 11.8. The van der Waals surface area contributed by atoms with E-state index >= 15 is 0 Å². The van der Waals surface area contributed by atoms with Crippen molar-refractivity contribution in [1.29, 1.82) is 5.26 Å². The predicted molar refractivity (Wildman–Crippen MR) is 130 cm³/mol. The number of rotatable bonds is 8. The summed E-state index contributed by atoms with van der Waals surface area (Å²) in [4.78, 5) is 29.1. The molecule has 0 spiro atoms. The van der Waals surface area contributed by atoms with E-state index in [4.69, 9.17) is 0 Å². The zero-order chi connectivity index (χ0) is 23.8. The molecule has 0 saturated carbocycles. The minimum atomic E-state index is -0.256. The molecule has 0 atom stereocenters. The summed E-state index contributed by atoms with van der Waals surface area (Å²) in [5.74, 6) is -0.119. The van der Waals surface area contributed by atoms with Crippen molar-refractivity contribution >= 4 is 17.9 Å². The molecule has 0 bridgehead atoms. The molecule has 0 aliphatic carbocycles. The molecule has 1 aliphatic rings. The van der Waals surface area contributed by atoms with E-state index in [9.17, 15) is 14.9 Å². The van der Waals surface area contributed by atoms with Crippen LogP contribution in [0.4, 0.5) is 0 Å². The first-order valence-electron chi connectivity index (χ1n) is 11.8. The number of aryl methyl sites for hydroxylation is 2. The molecule has 1 aliphatic heterocycles. The van der Waals surface area contributed by atoms with Gasteiger partial charge in [0.15, 0.2) is 0 Å². The zero-order valence-corrected chi connectivity index (χ0v) is 20.0. The molecule has 33 heavy (non-hydrogen) atoms. The Morgan fingerprint density at radius 3 is 2.36 bits per heavy atom. The van der Waals surface area contributed by atoms with Crippen molar-refractivity contribution in [3.8, 4) is 6.07 Å². The highest BCUT2D eigenvalue weighted by Crippen LogP contribution is 2.20. The van der Waals surface area contributed by atoms with Gasteiger partial charge in [-0.3, -0.25) is 9.59 Å². The van der Waals surface area contributed by atoms with E-state index in [0.717, 1.165) is 42.8 Å². The van der Waals surface area contributed by atoms with Crippen LogP contribution in [0.3, 0.4) is 0 Å². The molecule has 3 rings (SSSR count). The molecule has 1 saturated heterocycles. The van der Waals surface area contributed by atoms with Crippen LogP contribution in [0.1, 0.15) is 48.7 Å². The fourth-order valence-corrected chi connectivity index (χ4v) is 4.41. The molecule has 0 N–H and O–H groups in total. The standard InChI is InChI=1S/C27H34N4O2/c1-4-13-31-21(2)18-24(22(31)3)19-25(20-28)27(33)30-16-14-29(15-17-30)26(32)12-8-11-23-9-6-5-7-10-23/h5-7,9-10,18-19H,4,8,11-17H2,1-3H3/b25-19+. The van der Waals surface area contributed by atoms with Crippen LogP contribution in [0.25, 0.3) is 6.08 Å². The van der Waals surface area contributed by atoms with Gasteiger partial charge >= 0.3 is 0 Å². The third-order valence-electron chi connectivity index (χ3n) is 6.33. The number of aromatic nitrogens is 1. The Morgan fingerprint density at radius 2 is 1.73 bits per heavy atom. The lowest BCUT2D eigenvalue weighted by Gasteiger charge is -2.34. The maximum Gasteiger partial charge on any atom is 0.264 e. The van der Waals surface area contributed by atoms with Crippen LogP contribution >= 0.6 is 0 Å². The molecule has 1 aromatic heterocycles. The Bertz CT molecular complexity index is 1040. The van der Waals surface area contributed by atoms with Crippen LogP contribution < -0.4 is 0 Å². The molecule has 2 aromatic rings. The number of piperazine rings is 1. The first kappa shape index (κ1) is 24.3. The molecule has 6 heteroatoms.